The monoisotopic (exact) mass is 863 g/mol. The van der Waals surface area contributed by atoms with E-state index in [-0.39, 0.29) is 43.1 Å². The quantitative estimate of drug-likeness (QED) is 0.0787. The normalized spacial score (nSPS) is 20.5. The van der Waals surface area contributed by atoms with E-state index in [9.17, 15) is 32.3 Å². The van der Waals surface area contributed by atoms with Crippen molar-refractivity contribution in [2.75, 3.05) is 63.0 Å². The van der Waals surface area contributed by atoms with Gasteiger partial charge in [-0.15, -0.1) is 0 Å². The summed E-state index contributed by atoms with van der Waals surface area (Å²) < 4.78 is 69.4. The number of benzene rings is 3. The predicted octanol–water partition coefficient (Wildman–Crippen LogP) is 6.21. The molecular formula is C46H57F4N7O5. The third-order valence-electron chi connectivity index (χ3n) is 11.6. The molecule has 0 saturated carbocycles. The van der Waals surface area contributed by atoms with Gasteiger partial charge in [0.1, 0.15) is 36.4 Å². The molecule has 16 heteroatoms. The molecule has 6 rings (SSSR count). The number of amides is 2. The zero-order valence-corrected chi connectivity index (χ0v) is 36.2. The van der Waals surface area contributed by atoms with Gasteiger partial charge in [-0.25, -0.2) is 4.39 Å². The minimum atomic E-state index is -4.52. The number of alkyl halides is 4. The summed E-state index contributed by atoms with van der Waals surface area (Å²) in [5.74, 6) is 6.28. The zero-order valence-electron chi connectivity index (χ0n) is 36.2. The highest BCUT2D eigenvalue weighted by molar-refractivity contribution is 5.96. The molecule has 0 bridgehead atoms. The third kappa shape index (κ3) is 10.9. The van der Waals surface area contributed by atoms with Crippen LogP contribution in [0, 0.1) is 17.8 Å². The fourth-order valence-corrected chi connectivity index (χ4v) is 8.18. The summed E-state index contributed by atoms with van der Waals surface area (Å²) in [5.41, 5.74) is 3.58. The number of aromatic nitrogens is 1. The topological polar surface area (TPSA) is 132 Å². The molecule has 1 saturated heterocycles. The highest BCUT2D eigenvalue weighted by atomic mass is 19.4. The molecule has 3 heterocycles. The lowest BCUT2D eigenvalue weighted by molar-refractivity contribution is -0.140. The molecule has 2 amide bonds. The predicted molar refractivity (Wildman–Crippen MR) is 234 cm³/mol. The second-order valence-corrected chi connectivity index (χ2v) is 16.6. The van der Waals surface area contributed by atoms with Gasteiger partial charge in [-0.3, -0.25) is 9.59 Å². The highest BCUT2D eigenvalue weighted by Crippen LogP contribution is 2.34. The molecule has 3 aromatic carbocycles. The van der Waals surface area contributed by atoms with Gasteiger partial charge in [0, 0.05) is 48.5 Å². The smallest absolute Gasteiger partial charge is 0.406 e. The number of aliphatic hydroxyl groups excluding tert-OH is 1. The number of halogens is 4. The zero-order chi connectivity index (χ0) is 44.9. The Morgan fingerprint density at radius 2 is 1.82 bits per heavy atom. The lowest BCUT2D eigenvalue weighted by Gasteiger charge is -2.37. The van der Waals surface area contributed by atoms with Crippen molar-refractivity contribution in [2.45, 2.75) is 89.7 Å². The highest BCUT2D eigenvalue weighted by Gasteiger charge is 2.34. The number of carbonyl (C=O) groups is 2. The number of carbonyl (C=O) groups excluding carboxylic acids is 2. The first-order chi connectivity index (χ1) is 29.5. The van der Waals surface area contributed by atoms with Crippen molar-refractivity contribution < 1.29 is 41.7 Å². The largest absolute Gasteiger partial charge is 0.495 e. The minimum absolute atomic E-state index is 0.00346. The first-order valence-electron chi connectivity index (χ1n) is 20.9. The van der Waals surface area contributed by atoms with E-state index in [2.05, 4.69) is 33.1 Å². The molecule has 5 N–H and O–H groups in total. The van der Waals surface area contributed by atoms with Crippen LogP contribution in [0.5, 0.6) is 11.5 Å². The number of aliphatic hydroxyl groups is 1. The van der Waals surface area contributed by atoms with E-state index in [0.29, 0.717) is 58.7 Å². The number of anilines is 3. The lowest BCUT2D eigenvalue weighted by atomic mass is 9.95. The average Bonchev–Trinajstić information content (AvgIpc) is 3.56. The van der Waals surface area contributed by atoms with Crippen LogP contribution in [0.4, 0.5) is 34.6 Å². The van der Waals surface area contributed by atoms with Crippen LogP contribution in [0.25, 0.3) is 10.9 Å². The van der Waals surface area contributed by atoms with Crippen molar-refractivity contribution in [2.24, 2.45) is 5.92 Å². The third-order valence-corrected chi connectivity index (χ3v) is 11.6. The van der Waals surface area contributed by atoms with Crippen LogP contribution in [-0.2, 0) is 17.8 Å². The first kappa shape index (κ1) is 45.9. The van der Waals surface area contributed by atoms with Crippen molar-refractivity contribution in [1.82, 2.24) is 20.1 Å². The number of nitrogens with one attached hydrogen (secondary N) is 4. The number of likely N-dealkylation sites (N-methyl/N-ethyl adjacent to an activating group) is 1. The van der Waals surface area contributed by atoms with Gasteiger partial charge in [0.25, 0.3) is 5.91 Å². The van der Waals surface area contributed by atoms with Crippen LogP contribution >= 0.6 is 0 Å². The van der Waals surface area contributed by atoms with E-state index < -0.39 is 49.2 Å². The Hall–Kier alpha value is -5.66. The fraction of sp³-hybridized carbons (Fsp3) is 0.478. The fourth-order valence-electron chi connectivity index (χ4n) is 8.18. The lowest BCUT2D eigenvalue weighted by Crippen LogP contribution is -2.54. The van der Waals surface area contributed by atoms with Crippen LogP contribution in [0.1, 0.15) is 55.7 Å². The molecule has 1 aromatic heterocycles. The maximum absolute atomic E-state index is 14.9. The summed E-state index contributed by atoms with van der Waals surface area (Å²) >= 11 is 0. The average molecular weight is 864 g/mol. The Morgan fingerprint density at radius 3 is 2.52 bits per heavy atom. The number of nitrogens with zero attached hydrogens (tertiary/aromatic N) is 3. The van der Waals surface area contributed by atoms with Gasteiger partial charge < -0.3 is 50.2 Å². The van der Waals surface area contributed by atoms with E-state index in [1.165, 1.54) is 7.11 Å². The Bertz CT molecular complexity index is 2290. The molecule has 0 unspecified atom stereocenters. The molecule has 0 radical (unpaired) electrons. The Balaban J connectivity index is 1.13. The van der Waals surface area contributed by atoms with Crippen molar-refractivity contribution in [3.63, 3.8) is 0 Å². The summed E-state index contributed by atoms with van der Waals surface area (Å²) in [4.78, 5) is 30.5. The van der Waals surface area contributed by atoms with Gasteiger partial charge in [-0.05, 0) is 93.6 Å². The second kappa shape index (κ2) is 19.6. The standard InChI is InChI=1S/C46H57F4N7O5/c1-27(2)43-45(60)53-32(25-58)20-30-13-15-34(23-41(30)56(43)6)62-29(4)28(3)52-44(59)31-14-16-42(61-7)39(21-31)51-18-9-10-33-22-35-37(54-38-17-19-55(5)24-36(38)47)11-8-12-40(35)57(33)26-46(48,49)50/h8,11-16,21-23,27-29,32,36,38,43,51,54,58H,17-20,24-26H2,1-7H3,(H,52,59)(H,53,60)/t28-,29-,32-,36-,38+,43-/m0/s1. The van der Waals surface area contributed by atoms with E-state index in [0.717, 1.165) is 15.8 Å². The first-order valence-corrected chi connectivity index (χ1v) is 20.9. The van der Waals surface area contributed by atoms with E-state index in [1.807, 2.05) is 69.8 Å². The van der Waals surface area contributed by atoms with Gasteiger partial charge in [0.15, 0.2) is 0 Å². The van der Waals surface area contributed by atoms with Crippen molar-refractivity contribution in [3.8, 4) is 23.3 Å². The van der Waals surface area contributed by atoms with Gasteiger partial charge in [-0.2, -0.15) is 13.2 Å². The summed E-state index contributed by atoms with van der Waals surface area (Å²) in [6.45, 7) is 7.17. The van der Waals surface area contributed by atoms with Gasteiger partial charge >= 0.3 is 6.18 Å². The second-order valence-electron chi connectivity index (χ2n) is 16.6. The number of hydrogen-bond donors (Lipinski definition) is 5. The number of hydrogen-bond acceptors (Lipinski definition) is 9. The van der Waals surface area contributed by atoms with Crippen molar-refractivity contribution in [3.05, 3.63) is 77.5 Å². The van der Waals surface area contributed by atoms with Crippen LogP contribution in [0.15, 0.2) is 60.7 Å². The maximum Gasteiger partial charge on any atom is 0.406 e. The van der Waals surface area contributed by atoms with Crippen LogP contribution in [0.2, 0.25) is 0 Å². The molecule has 1 fully saturated rings. The number of methoxy groups -OCH3 is 1. The van der Waals surface area contributed by atoms with Crippen molar-refractivity contribution >= 4 is 39.8 Å². The number of rotatable bonds is 13. The molecule has 6 atom stereocenters. The van der Waals surface area contributed by atoms with E-state index in [4.69, 9.17) is 9.47 Å². The SMILES string of the molecule is COc1ccc(C(=O)N[C@@H](C)[C@H](C)Oc2ccc3c(c2)N(C)[C@@H](C(C)C)C(=O)N[C@H](CO)C3)cc1NCC#Cc1cc2c(N[C@@H]3CCN(C)C[C@@H]3F)cccc2n1CC(F)(F)F. The minimum Gasteiger partial charge on any atom is -0.495 e. The molecule has 62 heavy (non-hydrogen) atoms. The molecule has 2 aliphatic rings. The number of fused-ring (bicyclic) bond motifs is 2. The summed E-state index contributed by atoms with van der Waals surface area (Å²) in [7, 11) is 5.20. The molecule has 4 aromatic rings. The van der Waals surface area contributed by atoms with Crippen LogP contribution < -0.4 is 35.6 Å². The summed E-state index contributed by atoms with van der Waals surface area (Å²) in [5, 5.41) is 22.8. The Labute approximate surface area is 360 Å². The van der Waals surface area contributed by atoms with Crippen LogP contribution in [0.3, 0.4) is 0 Å². The molecule has 0 spiro atoms. The molecule has 0 aliphatic carbocycles. The molecular weight excluding hydrogens is 807 g/mol. The molecule has 2 aliphatic heterocycles. The Morgan fingerprint density at radius 1 is 1.05 bits per heavy atom. The molecule has 12 nitrogen and oxygen atoms in total. The number of piperidine rings is 1. The van der Waals surface area contributed by atoms with E-state index >= 15 is 0 Å². The van der Waals surface area contributed by atoms with Crippen molar-refractivity contribution in [1.29, 1.82) is 0 Å². The number of likely N-dealkylation sites (tertiary alicyclic amines) is 1. The van der Waals surface area contributed by atoms with Gasteiger partial charge in [-0.1, -0.05) is 31.9 Å². The van der Waals surface area contributed by atoms with Crippen LogP contribution in [-0.4, -0.2) is 116 Å². The summed E-state index contributed by atoms with van der Waals surface area (Å²) in [6, 6.07) is 15.3. The Kier molecular flexibility index (Phi) is 14.5. The van der Waals surface area contributed by atoms with Gasteiger partial charge in [0.05, 0.1) is 55.3 Å². The van der Waals surface area contributed by atoms with E-state index in [1.54, 1.807) is 42.5 Å². The molecule has 334 valence electrons. The summed E-state index contributed by atoms with van der Waals surface area (Å²) in [6.07, 6.45) is -5.11. The van der Waals surface area contributed by atoms with Gasteiger partial charge in [0.2, 0.25) is 5.91 Å². The number of ether oxygens (including phenoxy) is 2. The maximum atomic E-state index is 14.9.